The van der Waals surface area contributed by atoms with Crippen LogP contribution in [0.4, 0.5) is 0 Å². The van der Waals surface area contributed by atoms with Gasteiger partial charge in [-0.25, -0.2) is 9.78 Å². The fourth-order valence-corrected chi connectivity index (χ4v) is 2.61. The molecular weight excluding hydrogens is 302 g/mol. The molecule has 0 unspecified atom stereocenters. The van der Waals surface area contributed by atoms with Crippen LogP contribution in [0.2, 0.25) is 5.02 Å². The lowest BCUT2D eigenvalue weighted by molar-refractivity contribution is 0.0531. The van der Waals surface area contributed by atoms with Crippen LogP contribution in [0.25, 0.3) is 21.8 Å². The molecule has 0 fully saturated rings. The highest BCUT2D eigenvalue weighted by atomic mass is 35.5. The highest BCUT2D eigenvalue weighted by Crippen LogP contribution is 2.30. The summed E-state index contributed by atoms with van der Waals surface area (Å²) in [5.41, 5.74) is 1.84. The Bertz CT molecular complexity index is 877. The number of halogens is 1. The molecule has 0 spiro atoms. The van der Waals surface area contributed by atoms with Crippen LogP contribution in [-0.2, 0) is 4.74 Å². The van der Waals surface area contributed by atoms with Gasteiger partial charge in [0.25, 0.3) is 0 Å². The van der Waals surface area contributed by atoms with Gasteiger partial charge in [0.1, 0.15) is 5.75 Å². The Hall–Kier alpha value is -2.33. The summed E-state index contributed by atoms with van der Waals surface area (Å²) in [6, 6.07) is 10.7. The number of hydrogen-bond acceptors (Lipinski definition) is 4. The third-order valence-electron chi connectivity index (χ3n) is 3.42. The first-order valence-electron chi connectivity index (χ1n) is 6.88. The van der Waals surface area contributed by atoms with E-state index in [4.69, 9.17) is 21.1 Å². The lowest BCUT2D eigenvalue weighted by atomic mass is 10.0. The monoisotopic (exact) mass is 315 g/mol. The van der Waals surface area contributed by atoms with Crippen molar-refractivity contribution in [3.63, 3.8) is 0 Å². The number of carbonyl (C=O) groups excluding carboxylic acids is 1. The van der Waals surface area contributed by atoms with Crippen molar-refractivity contribution < 1.29 is 14.3 Å². The Morgan fingerprint density at radius 2 is 1.95 bits per heavy atom. The van der Waals surface area contributed by atoms with Gasteiger partial charge in [-0.05, 0) is 37.3 Å². The molecule has 22 heavy (non-hydrogen) atoms. The molecule has 0 atom stereocenters. The Morgan fingerprint density at radius 3 is 2.68 bits per heavy atom. The van der Waals surface area contributed by atoms with Crippen LogP contribution in [0.3, 0.4) is 0 Å². The lowest BCUT2D eigenvalue weighted by Gasteiger charge is -2.11. The van der Waals surface area contributed by atoms with E-state index in [1.54, 1.807) is 44.4 Å². The zero-order chi connectivity index (χ0) is 15.7. The molecule has 0 N–H and O–H groups in total. The fourth-order valence-electron chi connectivity index (χ4n) is 2.45. The summed E-state index contributed by atoms with van der Waals surface area (Å²) in [6.45, 7) is 2.09. The van der Waals surface area contributed by atoms with Crippen molar-refractivity contribution in [2.75, 3.05) is 13.7 Å². The van der Waals surface area contributed by atoms with Crippen molar-refractivity contribution in [2.24, 2.45) is 0 Å². The van der Waals surface area contributed by atoms with Gasteiger partial charge in [-0.15, -0.1) is 0 Å². The quantitative estimate of drug-likeness (QED) is 0.536. The predicted molar refractivity (Wildman–Crippen MR) is 86.8 cm³/mol. The minimum atomic E-state index is -0.379. The number of fused-ring (bicyclic) bond motifs is 2. The molecule has 0 bridgehead atoms. The molecule has 112 valence electrons. The molecule has 4 nitrogen and oxygen atoms in total. The van der Waals surface area contributed by atoms with Crippen molar-refractivity contribution in [1.29, 1.82) is 0 Å². The Morgan fingerprint density at radius 1 is 1.14 bits per heavy atom. The Labute approximate surface area is 132 Å². The number of ether oxygens (including phenoxy) is 2. The van der Waals surface area contributed by atoms with Gasteiger partial charge >= 0.3 is 5.97 Å². The summed E-state index contributed by atoms with van der Waals surface area (Å²) in [5, 5.41) is 1.99. The Balaban J connectivity index is 2.42. The van der Waals surface area contributed by atoms with Crippen LogP contribution >= 0.6 is 11.6 Å². The maximum atomic E-state index is 12.4. The molecule has 1 heterocycles. The molecule has 5 heteroatoms. The highest BCUT2D eigenvalue weighted by Gasteiger charge is 2.18. The first-order valence-corrected chi connectivity index (χ1v) is 7.26. The van der Waals surface area contributed by atoms with E-state index in [1.807, 2.05) is 6.07 Å². The summed E-state index contributed by atoms with van der Waals surface area (Å²) in [5.74, 6) is 0.281. The Kier molecular flexibility index (Phi) is 3.86. The zero-order valence-corrected chi connectivity index (χ0v) is 13.0. The van der Waals surface area contributed by atoms with Gasteiger partial charge in [-0.3, -0.25) is 0 Å². The number of nitrogens with zero attached hydrogens (tertiary/aromatic N) is 1. The van der Waals surface area contributed by atoms with Crippen LogP contribution in [0.5, 0.6) is 5.75 Å². The molecule has 1 aromatic heterocycles. The smallest absolute Gasteiger partial charge is 0.339 e. The van der Waals surface area contributed by atoms with E-state index in [0.29, 0.717) is 44.7 Å². The summed E-state index contributed by atoms with van der Waals surface area (Å²) in [4.78, 5) is 17.0. The molecule has 0 saturated carbocycles. The molecule has 3 aromatic rings. The van der Waals surface area contributed by atoms with Gasteiger partial charge in [0.15, 0.2) is 0 Å². The lowest BCUT2D eigenvalue weighted by Crippen LogP contribution is -2.07. The minimum absolute atomic E-state index is 0.307. The first kappa shape index (κ1) is 14.6. The fraction of sp³-hybridized carbons (Fsp3) is 0.176. The van der Waals surface area contributed by atoms with Gasteiger partial charge in [-0.1, -0.05) is 17.7 Å². The molecule has 0 saturated heterocycles. The third kappa shape index (κ3) is 2.46. The van der Waals surface area contributed by atoms with Gasteiger partial charge in [-0.2, -0.15) is 0 Å². The van der Waals surface area contributed by atoms with Gasteiger partial charge in [0.05, 0.1) is 30.3 Å². The average Bonchev–Trinajstić information content (AvgIpc) is 2.52. The van der Waals surface area contributed by atoms with E-state index in [0.717, 1.165) is 0 Å². The number of benzene rings is 2. The second-order valence-corrected chi connectivity index (χ2v) is 5.19. The topological polar surface area (TPSA) is 48.4 Å². The largest absolute Gasteiger partial charge is 0.497 e. The number of hydrogen-bond donors (Lipinski definition) is 0. The molecule has 0 radical (unpaired) electrons. The van der Waals surface area contributed by atoms with Crippen molar-refractivity contribution >= 4 is 39.4 Å². The predicted octanol–water partition coefficient (Wildman–Crippen LogP) is 4.23. The maximum absolute atomic E-state index is 12.4. The minimum Gasteiger partial charge on any atom is -0.497 e. The van der Waals surface area contributed by atoms with Crippen molar-refractivity contribution in [3.8, 4) is 5.75 Å². The number of aromatic nitrogens is 1. The molecule has 0 aliphatic rings. The highest BCUT2D eigenvalue weighted by molar-refractivity contribution is 6.31. The number of rotatable bonds is 3. The summed E-state index contributed by atoms with van der Waals surface area (Å²) < 4.78 is 10.5. The molecule has 0 amide bonds. The number of methoxy groups -OCH3 is 1. The molecule has 0 aliphatic heterocycles. The molecule has 3 rings (SSSR count). The molecule has 0 aliphatic carbocycles. The van der Waals surface area contributed by atoms with Crippen LogP contribution in [0.15, 0.2) is 36.4 Å². The van der Waals surface area contributed by atoms with Crippen LogP contribution in [0, 0.1) is 0 Å². The molecular formula is C17H14ClNO3. The van der Waals surface area contributed by atoms with Crippen LogP contribution in [-0.4, -0.2) is 24.7 Å². The van der Waals surface area contributed by atoms with Crippen LogP contribution < -0.4 is 4.74 Å². The van der Waals surface area contributed by atoms with Crippen molar-refractivity contribution in [1.82, 2.24) is 4.98 Å². The molecule has 2 aromatic carbocycles. The first-order chi connectivity index (χ1) is 10.6. The van der Waals surface area contributed by atoms with Crippen molar-refractivity contribution in [3.05, 3.63) is 47.0 Å². The van der Waals surface area contributed by atoms with E-state index < -0.39 is 0 Å². The van der Waals surface area contributed by atoms with E-state index in [2.05, 4.69) is 4.98 Å². The summed E-state index contributed by atoms with van der Waals surface area (Å²) in [6.07, 6.45) is 0. The number of esters is 1. The second-order valence-electron chi connectivity index (χ2n) is 4.75. The van der Waals surface area contributed by atoms with E-state index >= 15 is 0 Å². The number of carbonyl (C=O) groups is 1. The standard InChI is InChI=1S/C17H14ClNO3/c1-3-22-17(20)16-12-6-4-10(18)8-15(12)19-14-7-5-11(21-2)9-13(14)16/h4-9H,3H2,1-2H3. The second kappa shape index (κ2) is 5.81. The van der Waals surface area contributed by atoms with Gasteiger partial charge in [0.2, 0.25) is 0 Å². The maximum Gasteiger partial charge on any atom is 0.339 e. The summed E-state index contributed by atoms with van der Waals surface area (Å²) in [7, 11) is 1.58. The number of pyridine rings is 1. The summed E-state index contributed by atoms with van der Waals surface area (Å²) >= 11 is 6.03. The normalized spacial score (nSPS) is 10.9. The van der Waals surface area contributed by atoms with E-state index in [-0.39, 0.29) is 5.97 Å². The van der Waals surface area contributed by atoms with Gasteiger partial charge < -0.3 is 9.47 Å². The van der Waals surface area contributed by atoms with E-state index in [9.17, 15) is 4.79 Å². The van der Waals surface area contributed by atoms with Crippen LogP contribution in [0.1, 0.15) is 17.3 Å². The average molecular weight is 316 g/mol. The third-order valence-corrected chi connectivity index (χ3v) is 3.66. The van der Waals surface area contributed by atoms with Crippen molar-refractivity contribution in [2.45, 2.75) is 6.92 Å². The van der Waals surface area contributed by atoms with E-state index in [1.165, 1.54) is 0 Å². The zero-order valence-electron chi connectivity index (χ0n) is 12.2. The SMILES string of the molecule is CCOC(=O)c1c2ccc(Cl)cc2nc2ccc(OC)cc12. The van der Waals surface area contributed by atoms with Gasteiger partial charge in [0, 0.05) is 15.8 Å².